The molecule has 0 fully saturated rings. The van der Waals surface area contributed by atoms with Crippen molar-refractivity contribution in [3.8, 4) is 0 Å². The molecule has 0 atom stereocenters. The van der Waals surface area contributed by atoms with Gasteiger partial charge in [0, 0.05) is 24.0 Å². The Hall–Kier alpha value is -1.77. The zero-order chi connectivity index (χ0) is 13.5. The second-order valence-electron chi connectivity index (χ2n) is 5.58. The molecule has 0 spiro atoms. The first kappa shape index (κ1) is 12.7. The molecule has 0 aliphatic rings. The average Bonchev–Trinajstić information content (AvgIpc) is 2.56. The number of fused-ring (bicyclic) bond motifs is 1. The van der Waals surface area contributed by atoms with E-state index >= 15 is 0 Å². The van der Waals surface area contributed by atoms with Gasteiger partial charge in [0.05, 0.1) is 11.9 Å². The first-order chi connectivity index (χ1) is 8.33. The molecule has 1 aromatic heterocycles. The summed E-state index contributed by atoms with van der Waals surface area (Å²) in [5, 5.41) is 10.2. The molecule has 0 unspecified atom stereocenters. The van der Waals surface area contributed by atoms with Gasteiger partial charge >= 0.3 is 5.97 Å². The molecule has 0 bridgehead atoms. The van der Waals surface area contributed by atoms with Crippen molar-refractivity contribution in [3.63, 3.8) is 0 Å². The maximum Gasteiger partial charge on any atom is 0.304 e. The summed E-state index contributed by atoms with van der Waals surface area (Å²) < 4.78 is 2.09. The van der Waals surface area contributed by atoms with E-state index in [2.05, 4.69) is 29.8 Å². The van der Waals surface area contributed by atoms with Crippen LogP contribution in [0.5, 0.6) is 0 Å². The van der Waals surface area contributed by atoms with Crippen molar-refractivity contribution in [2.45, 2.75) is 32.6 Å². The van der Waals surface area contributed by atoms with Crippen molar-refractivity contribution < 1.29 is 9.90 Å². The number of carboxylic acid groups (broad SMARTS) is 1. The molecule has 0 aliphatic carbocycles. The van der Waals surface area contributed by atoms with Crippen LogP contribution in [0.3, 0.4) is 0 Å². The summed E-state index contributed by atoms with van der Waals surface area (Å²) in [5.41, 5.74) is 3.14. The zero-order valence-corrected chi connectivity index (χ0v) is 11.3. The maximum atomic E-state index is 11.0. The van der Waals surface area contributed by atoms with Crippen LogP contribution in [0.2, 0.25) is 0 Å². The fraction of sp³-hybridized carbons (Fsp3) is 0.400. The van der Waals surface area contributed by atoms with Gasteiger partial charge in [-0.3, -0.25) is 4.79 Å². The van der Waals surface area contributed by atoms with Gasteiger partial charge in [0.2, 0.25) is 0 Å². The normalized spacial score (nSPS) is 12.0. The molecule has 2 aromatic rings. The number of aryl methyl sites for hydroxylation is 2. The summed E-state index contributed by atoms with van der Waals surface area (Å²) in [6.07, 6.45) is 2.20. The largest absolute Gasteiger partial charge is 0.481 e. The second-order valence-corrected chi connectivity index (χ2v) is 5.58. The molecule has 1 heterocycles. The fourth-order valence-corrected chi connectivity index (χ4v) is 2.68. The highest BCUT2D eigenvalue weighted by atomic mass is 16.4. The molecule has 1 N–H and O–H groups in total. The van der Waals surface area contributed by atoms with Crippen LogP contribution in [-0.2, 0) is 17.3 Å². The number of carboxylic acids is 1. The van der Waals surface area contributed by atoms with E-state index in [0.29, 0.717) is 0 Å². The molecule has 0 radical (unpaired) electrons. The number of hydrogen-bond donors (Lipinski definition) is 1. The molecule has 3 heteroatoms. The van der Waals surface area contributed by atoms with Crippen molar-refractivity contribution in [1.29, 1.82) is 0 Å². The van der Waals surface area contributed by atoms with Gasteiger partial charge in [0.25, 0.3) is 0 Å². The molecule has 96 valence electrons. The predicted molar refractivity (Wildman–Crippen MR) is 72.9 cm³/mol. The second kappa shape index (κ2) is 4.16. The Morgan fingerprint density at radius 2 is 2.06 bits per heavy atom. The van der Waals surface area contributed by atoms with Crippen LogP contribution in [0, 0.1) is 6.92 Å². The molecule has 0 saturated carbocycles. The van der Waals surface area contributed by atoms with Gasteiger partial charge in [-0.05, 0) is 18.1 Å². The van der Waals surface area contributed by atoms with Crippen LogP contribution in [0.1, 0.15) is 31.4 Å². The molecule has 18 heavy (non-hydrogen) atoms. The average molecular weight is 245 g/mol. The quantitative estimate of drug-likeness (QED) is 0.902. The zero-order valence-electron chi connectivity index (χ0n) is 11.3. The lowest BCUT2D eigenvalue weighted by molar-refractivity contribution is -0.138. The van der Waals surface area contributed by atoms with Crippen LogP contribution < -0.4 is 0 Å². The first-order valence-electron chi connectivity index (χ1n) is 6.10. The number of aromatic nitrogens is 1. The van der Waals surface area contributed by atoms with E-state index in [1.54, 1.807) is 0 Å². The standard InChI is InChI=1S/C15H19NO2/c1-10-6-5-7-11-12(9-16(4)14(10)11)15(2,3)8-13(17)18/h5-7,9H,8H2,1-4H3,(H,17,18). The Balaban J connectivity index is 2.66. The third kappa shape index (κ3) is 2.01. The van der Waals surface area contributed by atoms with Crippen molar-refractivity contribution in [2.75, 3.05) is 0 Å². The van der Waals surface area contributed by atoms with Crippen molar-refractivity contribution in [2.24, 2.45) is 7.05 Å². The van der Waals surface area contributed by atoms with Crippen LogP contribution in [-0.4, -0.2) is 15.6 Å². The lowest BCUT2D eigenvalue weighted by Gasteiger charge is -2.22. The van der Waals surface area contributed by atoms with Gasteiger partial charge in [-0.2, -0.15) is 0 Å². The number of carbonyl (C=O) groups is 1. The van der Waals surface area contributed by atoms with E-state index in [9.17, 15) is 4.79 Å². The number of benzene rings is 1. The van der Waals surface area contributed by atoms with Crippen LogP contribution in [0.25, 0.3) is 10.9 Å². The summed E-state index contributed by atoms with van der Waals surface area (Å²) >= 11 is 0. The molecular weight excluding hydrogens is 226 g/mol. The van der Waals surface area contributed by atoms with E-state index in [1.165, 1.54) is 11.1 Å². The van der Waals surface area contributed by atoms with E-state index in [1.807, 2.05) is 27.0 Å². The number of hydrogen-bond acceptors (Lipinski definition) is 1. The molecule has 0 aliphatic heterocycles. The van der Waals surface area contributed by atoms with E-state index < -0.39 is 5.97 Å². The summed E-state index contributed by atoms with van der Waals surface area (Å²) in [4.78, 5) is 11.0. The summed E-state index contributed by atoms with van der Waals surface area (Å²) in [6, 6.07) is 6.18. The van der Waals surface area contributed by atoms with Gasteiger partial charge in [0.15, 0.2) is 0 Å². The van der Waals surface area contributed by atoms with E-state index in [0.717, 1.165) is 10.9 Å². The third-order valence-electron chi connectivity index (χ3n) is 3.53. The molecular formula is C15H19NO2. The third-order valence-corrected chi connectivity index (χ3v) is 3.53. The summed E-state index contributed by atoms with van der Waals surface area (Å²) in [6.45, 7) is 6.05. The summed E-state index contributed by atoms with van der Waals surface area (Å²) in [5.74, 6) is -0.760. The van der Waals surface area contributed by atoms with Crippen molar-refractivity contribution in [3.05, 3.63) is 35.5 Å². The SMILES string of the molecule is Cc1cccc2c(C(C)(C)CC(=O)O)cn(C)c12. The predicted octanol–water partition coefficient (Wildman–Crippen LogP) is 3.24. The number of nitrogens with zero attached hydrogens (tertiary/aromatic N) is 1. The van der Waals surface area contributed by atoms with Gasteiger partial charge in [-0.25, -0.2) is 0 Å². The van der Waals surface area contributed by atoms with Gasteiger partial charge in [-0.1, -0.05) is 32.0 Å². The van der Waals surface area contributed by atoms with Crippen molar-refractivity contribution in [1.82, 2.24) is 4.57 Å². The Bertz CT molecular complexity index is 608. The lowest BCUT2D eigenvalue weighted by Crippen LogP contribution is -2.21. The van der Waals surface area contributed by atoms with Gasteiger partial charge in [0.1, 0.15) is 0 Å². The number of rotatable bonds is 3. The van der Waals surface area contributed by atoms with Gasteiger partial charge < -0.3 is 9.67 Å². The minimum atomic E-state index is -0.760. The minimum Gasteiger partial charge on any atom is -0.481 e. The smallest absolute Gasteiger partial charge is 0.304 e. The monoisotopic (exact) mass is 245 g/mol. The Morgan fingerprint density at radius 1 is 1.39 bits per heavy atom. The highest BCUT2D eigenvalue weighted by Gasteiger charge is 2.27. The Kier molecular flexibility index (Phi) is 2.93. The molecule has 1 aromatic carbocycles. The molecule has 0 amide bonds. The molecule has 3 nitrogen and oxygen atoms in total. The fourth-order valence-electron chi connectivity index (χ4n) is 2.68. The highest BCUT2D eigenvalue weighted by molar-refractivity contribution is 5.88. The molecule has 2 rings (SSSR count). The minimum absolute atomic E-state index is 0.139. The molecule has 0 saturated heterocycles. The number of para-hydroxylation sites is 1. The summed E-state index contributed by atoms with van der Waals surface area (Å²) in [7, 11) is 2.01. The van der Waals surface area contributed by atoms with Crippen molar-refractivity contribution >= 4 is 16.9 Å². The van der Waals surface area contributed by atoms with Gasteiger partial charge in [-0.15, -0.1) is 0 Å². The van der Waals surface area contributed by atoms with E-state index in [4.69, 9.17) is 5.11 Å². The lowest BCUT2D eigenvalue weighted by atomic mass is 9.81. The van der Waals surface area contributed by atoms with Crippen LogP contribution in [0.4, 0.5) is 0 Å². The van der Waals surface area contributed by atoms with Crippen LogP contribution in [0.15, 0.2) is 24.4 Å². The number of aliphatic carboxylic acids is 1. The Labute approximate surface area is 107 Å². The Morgan fingerprint density at radius 3 is 2.67 bits per heavy atom. The first-order valence-corrected chi connectivity index (χ1v) is 6.10. The maximum absolute atomic E-state index is 11.0. The topological polar surface area (TPSA) is 42.2 Å². The van der Waals surface area contributed by atoms with E-state index in [-0.39, 0.29) is 11.8 Å². The highest BCUT2D eigenvalue weighted by Crippen LogP contribution is 2.35. The van der Waals surface area contributed by atoms with Crippen LogP contribution >= 0.6 is 0 Å².